The van der Waals surface area contributed by atoms with E-state index in [1.54, 1.807) is 28.0 Å². The van der Waals surface area contributed by atoms with Crippen LogP contribution in [0.5, 0.6) is 0 Å². The van der Waals surface area contributed by atoms with Gasteiger partial charge in [0, 0.05) is 63.6 Å². The van der Waals surface area contributed by atoms with Crippen LogP contribution in [0.3, 0.4) is 0 Å². The summed E-state index contributed by atoms with van der Waals surface area (Å²) in [5, 5.41) is 15.9. The number of hydrogen-bond donors (Lipinski definition) is 3. The summed E-state index contributed by atoms with van der Waals surface area (Å²) in [5.41, 5.74) is 1.72. The van der Waals surface area contributed by atoms with Gasteiger partial charge in [-0.2, -0.15) is 0 Å². The van der Waals surface area contributed by atoms with Crippen LogP contribution in [0.4, 0.5) is 16.2 Å². The van der Waals surface area contributed by atoms with Gasteiger partial charge in [0.1, 0.15) is 6.10 Å². The summed E-state index contributed by atoms with van der Waals surface area (Å²) < 4.78 is 5.32. The van der Waals surface area contributed by atoms with Gasteiger partial charge in [-0.25, -0.2) is 9.86 Å². The van der Waals surface area contributed by atoms with Crippen molar-refractivity contribution in [2.75, 3.05) is 55.6 Å². The number of piperazine rings is 1. The number of ether oxygens (including phenoxy) is 1. The number of anilines is 2. The van der Waals surface area contributed by atoms with E-state index >= 15 is 0 Å². The molecule has 12 nitrogen and oxygen atoms in total. The summed E-state index contributed by atoms with van der Waals surface area (Å²) in [4.78, 5) is 53.6. The average molecular weight is 513 g/mol. The Kier molecular flexibility index (Phi) is 8.29. The van der Waals surface area contributed by atoms with Crippen molar-refractivity contribution in [3.05, 3.63) is 48.7 Å². The molecule has 3 aliphatic heterocycles. The molecule has 198 valence electrons. The Hall–Kier alpha value is -4.06. The van der Waals surface area contributed by atoms with Gasteiger partial charge in [-0.3, -0.25) is 24.5 Å². The minimum atomic E-state index is -0.795. The van der Waals surface area contributed by atoms with Crippen molar-refractivity contribution in [2.45, 2.75) is 25.5 Å². The van der Waals surface area contributed by atoms with Gasteiger partial charge in [0.15, 0.2) is 6.04 Å². The minimum absolute atomic E-state index is 0.0309. The molecule has 0 radical (unpaired) electrons. The largest absolute Gasteiger partial charge is 0.442 e. The Morgan fingerprint density at radius 2 is 1.73 bits per heavy atom. The second kappa shape index (κ2) is 11.8. The number of cyclic esters (lactones) is 1. The van der Waals surface area contributed by atoms with E-state index in [1.165, 1.54) is 13.1 Å². The second-order valence-corrected chi connectivity index (χ2v) is 9.03. The summed E-state index contributed by atoms with van der Waals surface area (Å²) in [5.74, 6) is -0.567. The van der Waals surface area contributed by atoms with Gasteiger partial charge < -0.3 is 25.2 Å². The normalized spacial score (nSPS) is 21.2. The van der Waals surface area contributed by atoms with E-state index in [-0.39, 0.29) is 43.3 Å². The number of hydrogen-bond acceptors (Lipinski definition) is 8. The van der Waals surface area contributed by atoms with Gasteiger partial charge >= 0.3 is 6.09 Å². The monoisotopic (exact) mass is 512 g/mol. The van der Waals surface area contributed by atoms with Crippen LogP contribution in [-0.2, 0) is 19.1 Å². The highest BCUT2D eigenvalue weighted by atomic mass is 16.6. The molecule has 12 heteroatoms. The Bertz CT molecular complexity index is 1070. The van der Waals surface area contributed by atoms with E-state index in [1.807, 2.05) is 24.3 Å². The first kappa shape index (κ1) is 26.0. The smallest absolute Gasteiger partial charge is 0.414 e. The molecule has 2 saturated heterocycles. The number of carbonyl (C=O) groups excluding carboxylic acids is 4. The lowest BCUT2D eigenvalue weighted by Gasteiger charge is -2.36. The molecule has 1 aromatic rings. The lowest BCUT2D eigenvalue weighted by atomic mass is 10.2. The van der Waals surface area contributed by atoms with E-state index in [0.717, 1.165) is 16.4 Å². The highest BCUT2D eigenvalue weighted by molar-refractivity contribution is 5.90. The van der Waals surface area contributed by atoms with E-state index in [0.29, 0.717) is 32.7 Å². The van der Waals surface area contributed by atoms with Crippen LogP contribution in [0.15, 0.2) is 48.7 Å². The van der Waals surface area contributed by atoms with Gasteiger partial charge in [0.2, 0.25) is 17.7 Å². The van der Waals surface area contributed by atoms with Crippen LogP contribution in [0, 0.1) is 0 Å². The molecule has 0 spiro atoms. The van der Waals surface area contributed by atoms with Crippen LogP contribution in [0.2, 0.25) is 0 Å². The van der Waals surface area contributed by atoms with E-state index in [2.05, 4.69) is 15.5 Å². The van der Waals surface area contributed by atoms with E-state index in [9.17, 15) is 24.4 Å². The Balaban J connectivity index is 1.20. The lowest BCUT2D eigenvalue weighted by Crippen LogP contribution is -2.49. The summed E-state index contributed by atoms with van der Waals surface area (Å²) in [6.45, 7) is 4.74. The second-order valence-electron chi connectivity index (χ2n) is 9.03. The molecule has 2 atom stereocenters. The number of allylic oxidation sites excluding steroid dienone is 2. The van der Waals surface area contributed by atoms with Crippen LogP contribution in [0.25, 0.3) is 0 Å². The molecule has 3 heterocycles. The number of carbonyl (C=O) groups is 4. The van der Waals surface area contributed by atoms with Crippen molar-refractivity contribution in [3.63, 3.8) is 0 Å². The summed E-state index contributed by atoms with van der Waals surface area (Å²) in [6, 6.07) is 6.81. The van der Waals surface area contributed by atoms with Crippen molar-refractivity contribution < 1.29 is 29.1 Å². The highest BCUT2D eigenvalue weighted by Crippen LogP contribution is 2.25. The maximum absolute atomic E-state index is 12.6. The maximum atomic E-state index is 12.6. The fourth-order valence-corrected chi connectivity index (χ4v) is 4.40. The summed E-state index contributed by atoms with van der Waals surface area (Å²) >= 11 is 0. The number of hydroxylamine groups is 2. The SMILES string of the molecule is CC(=O)NC[C@H]1CN(c2ccc(N3CCN(C(=O)CCNC(=O)C4C=CC=CN4O)CC3)cc2)C(=O)O1. The van der Waals surface area contributed by atoms with Crippen molar-refractivity contribution >= 4 is 35.2 Å². The first-order chi connectivity index (χ1) is 17.8. The number of benzene rings is 1. The Morgan fingerprint density at radius 1 is 1.03 bits per heavy atom. The molecule has 4 amide bonds. The number of amides is 4. The predicted octanol–water partition coefficient (Wildman–Crippen LogP) is 0.446. The molecule has 2 fully saturated rings. The topological polar surface area (TPSA) is 135 Å². The maximum Gasteiger partial charge on any atom is 0.414 e. The molecule has 1 unspecified atom stereocenters. The molecule has 3 aliphatic rings. The number of rotatable bonds is 8. The van der Waals surface area contributed by atoms with Crippen LogP contribution in [-0.4, -0.2) is 96.9 Å². The summed E-state index contributed by atoms with van der Waals surface area (Å²) in [6.07, 6.45) is 5.64. The van der Waals surface area contributed by atoms with Crippen LogP contribution < -0.4 is 20.4 Å². The molecular formula is C25H32N6O6. The molecule has 0 aromatic heterocycles. The van der Waals surface area contributed by atoms with Crippen molar-refractivity contribution in [1.82, 2.24) is 20.6 Å². The highest BCUT2D eigenvalue weighted by Gasteiger charge is 2.32. The molecule has 1 aromatic carbocycles. The Morgan fingerprint density at radius 3 is 2.41 bits per heavy atom. The number of nitrogens with one attached hydrogen (secondary N) is 2. The number of nitrogens with zero attached hydrogens (tertiary/aromatic N) is 4. The molecule has 0 saturated carbocycles. The zero-order valence-corrected chi connectivity index (χ0v) is 20.7. The average Bonchev–Trinajstić information content (AvgIpc) is 3.28. The van der Waals surface area contributed by atoms with Crippen molar-refractivity contribution in [1.29, 1.82) is 0 Å². The third-order valence-electron chi connectivity index (χ3n) is 6.45. The van der Waals surface area contributed by atoms with Gasteiger partial charge in [-0.15, -0.1) is 0 Å². The minimum Gasteiger partial charge on any atom is -0.442 e. The first-order valence-corrected chi connectivity index (χ1v) is 12.3. The molecule has 4 rings (SSSR count). The molecule has 37 heavy (non-hydrogen) atoms. The van der Waals surface area contributed by atoms with Gasteiger partial charge in [-0.05, 0) is 30.3 Å². The standard InChI is InChI=1S/C25H32N6O6/c1-18(32)27-16-21-17-30(25(35)37-21)20-7-5-19(6-8-20)28-12-14-29(15-13-28)23(33)9-10-26-24(34)22-4-2-3-11-31(22)36/h2-8,11,21-22,36H,9-10,12-17H2,1H3,(H,26,34)(H,27,32)/t21-,22?/m0/s1. The quantitative estimate of drug-likeness (QED) is 0.457. The van der Waals surface area contributed by atoms with Gasteiger partial charge in [0.05, 0.1) is 13.1 Å². The lowest BCUT2D eigenvalue weighted by molar-refractivity contribution is -0.137. The van der Waals surface area contributed by atoms with Gasteiger partial charge in [0.25, 0.3) is 0 Å². The summed E-state index contributed by atoms with van der Waals surface area (Å²) in [7, 11) is 0. The van der Waals surface area contributed by atoms with Crippen LogP contribution in [0.1, 0.15) is 13.3 Å². The van der Waals surface area contributed by atoms with Crippen molar-refractivity contribution in [2.24, 2.45) is 0 Å². The zero-order valence-electron chi connectivity index (χ0n) is 20.7. The van der Waals surface area contributed by atoms with Crippen molar-refractivity contribution in [3.8, 4) is 0 Å². The fourth-order valence-electron chi connectivity index (χ4n) is 4.40. The fraction of sp³-hybridized carbons (Fsp3) is 0.440. The molecule has 3 N–H and O–H groups in total. The molecule has 0 aliphatic carbocycles. The zero-order chi connectivity index (χ0) is 26.4. The van der Waals surface area contributed by atoms with Gasteiger partial charge in [-0.1, -0.05) is 12.2 Å². The first-order valence-electron chi connectivity index (χ1n) is 12.3. The van der Waals surface area contributed by atoms with E-state index in [4.69, 9.17) is 4.74 Å². The third kappa shape index (κ3) is 6.58. The third-order valence-corrected chi connectivity index (χ3v) is 6.45. The van der Waals surface area contributed by atoms with Crippen LogP contribution >= 0.6 is 0 Å². The Labute approximate surface area is 215 Å². The van der Waals surface area contributed by atoms with E-state index < -0.39 is 12.1 Å². The predicted molar refractivity (Wildman–Crippen MR) is 135 cm³/mol. The molecular weight excluding hydrogens is 480 g/mol. The molecule has 0 bridgehead atoms.